The monoisotopic (exact) mass is 407 g/mol. The number of esters is 1. The van der Waals surface area contributed by atoms with Gasteiger partial charge in [-0.2, -0.15) is 0 Å². The average molecular weight is 407 g/mol. The predicted molar refractivity (Wildman–Crippen MR) is 113 cm³/mol. The molecule has 0 unspecified atom stereocenters. The van der Waals surface area contributed by atoms with E-state index in [1.807, 2.05) is 19.9 Å². The summed E-state index contributed by atoms with van der Waals surface area (Å²) in [5.41, 5.74) is 3.11. The first-order chi connectivity index (χ1) is 14.3. The summed E-state index contributed by atoms with van der Waals surface area (Å²) in [6.45, 7) is 8.32. The van der Waals surface area contributed by atoms with Crippen molar-refractivity contribution in [3.63, 3.8) is 0 Å². The molecular formula is C23H25N3O4. The van der Waals surface area contributed by atoms with Gasteiger partial charge in [0.2, 0.25) is 5.78 Å². The van der Waals surface area contributed by atoms with Gasteiger partial charge in [0.15, 0.2) is 6.61 Å². The molecule has 2 aromatic heterocycles. The molecule has 7 heteroatoms. The summed E-state index contributed by atoms with van der Waals surface area (Å²) in [5, 5.41) is 0.481. The summed E-state index contributed by atoms with van der Waals surface area (Å²) in [5.74, 6) is -0.0997. The van der Waals surface area contributed by atoms with Crippen LogP contribution in [0, 0.1) is 13.8 Å². The number of nitrogens with zero attached hydrogens (tertiary/aromatic N) is 3. The lowest BCUT2D eigenvalue weighted by molar-refractivity contribution is 0.0474. The molecule has 0 aliphatic carbocycles. The second-order valence-corrected chi connectivity index (χ2v) is 8.07. The molecule has 0 N–H and O–H groups in total. The number of fused-ring (bicyclic) bond motifs is 2. The van der Waals surface area contributed by atoms with E-state index < -0.39 is 5.97 Å². The number of ketones is 1. The molecule has 0 saturated heterocycles. The van der Waals surface area contributed by atoms with E-state index in [0.29, 0.717) is 23.0 Å². The van der Waals surface area contributed by atoms with Crippen LogP contribution in [0.1, 0.15) is 64.2 Å². The van der Waals surface area contributed by atoms with E-state index in [2.05, 4.69) is 23.4 Å². The minimum Gasteiger partial charge on any atom is -0.454 e. The largest absolute Gasteiger partial charge is 0.454 e. The average Bonchev–Trinajstić information content (AvgIpc) is 3.29. The molecular weight excluding hydrogens is 382 g/mol. The number of Topliss-reactive ketones (excluding diaryl/α,β-unsaturated/α-hetero) is 1. The van der Waals surface area contributed by atoms with Gasteiger partial charge in [-0.05, 0) is 58.4 Å². The molecule has 0 bridgehead atoms. The number of hydrogen-bond donors (Lipinski definition) is 0. The molecule has 0 radical (unpaired) electrons. The summed E-state index contributed by atoms with van der Waals surface area (Å²) in [7, 11) is 0. The Morgan fingerprint density at radius 2 is 1.97 bits per heavy atom. The number of ether oxygens (including phenoxy) is 1. The highest BCUT2D eigenvalue weighted by Gasteiger charge is 2.20. The Bertz CT molecular complexity index is 1230. The Hall–Kier alpha value is -3.22. The minimum atomic E-state index is -0.606. The second-order valence-electron chi connectivity index (χ2n) is 8.07. The topological polar surface area (TPSA) is 83.2 Å². The fourth-order valence-corrected chi connectivity index (χ4v) is 4.36. The van der Waals surface area contributed by atoms with Gasteiger partial charge in [0.25, 0.3) is 5.56 Å². The first kappa shape index (κ1) is 20.1. The summed E-state index contributed by atoms with van der Waals surface area (Å²) in [4.78, 5) is 42.2. The number of carbonyl (C=O) groups excluding carboxylic acids is 2. The Labute approximate surface area is 174 Å². The number of aryl methyl sites for hydroxylation is 2. The lowest BCUT2D eigenvalue weighted by atomic mass is 10.1. The molecule has 3 aromatic rings. The maximum Gasteiger partial charge on any atom is 0.338 e. The normalized spacial score (nSPS) is 13.1. The molecule has 30 heavy (non-hydrogen) atoms. The van der Waals surface area contributed by atoms with Crippen molar-refractivity contribution in [2.75, 3.05) is 6.61 Å². The van der Waals surface area contributed by atoms with Crippen LogP contribution in [0.2, 0.25) is 0 Å². The summed E-state index contributed by atoms with van der Waals surface area (Å²) in [6.07, 6.45) is 1.65. The highest BCUT2D eigenvalue weighted by atomic mass is 16.5. The highest BCUT2D eigenvalue weighted by Crippen LogP contribution is 2.21. The van der Waals surface area contributed by atoms with Crippen LogP contribution in [-0.4, -0.2) is 32.5 Å². The minimum absolute atomic E-state index is 0.0805. The molecule has 3 heterocycles. The maximum atomic E-state index is 12.6. The molecule has 1 aromatic carbocycles. The summed E-state index contributed by atoms with van der Waals surface area (Å²) >= 11 is 0. The van der Waals surface area contributed by atoms with Gasteiger partial charge >= 0.3 is 5.97 Å². The van der Waals surface area contributed by atoms with E-state index in [0.717, 1.165) is 30.1 Å². The van der Waals surface area contributed by atoms with Gasteiger partial charge in [-0.1, -0.05) is 0 Å². The Balaban J connectivity index is 1.53. The molecule has 7 nitrogen and oxygen atoms in total. The Kier molecular flexibility index (Phi) is 5.05. The number of aromatic nitrogens is 3. The number of hydrogen-bond acceptors (Lipinski definition) is 5. The van der Waals surface area contributed by atoms with Crippen molar-refractivity contribution in [2.45, 2.75) is 53.1 Å². The third-order valence-electron chi connectivity index (χ3n) is 5.69. The molecule has 1 aliphatic heterocycles. The van der Waals surface area contributed by atoms with Gasteiger partial charge in [0.05, 0.1) is 16.5 Å². The Morgan fingerprint density at radius 1 is 1.20 bits per heavy atom. The SMILES string of the molecule is Cc1cc(C(=O)COC(=O)c2ccc3c(=O)n4c(nc3c2)CCC4)c(C)n1C(C)C. The van der Waals surface area contributed by atoms with Gasteiger partial charge in [0, 0.05) is 36.0 Å². The van der Waals surface area contributed by atoms with Crippen molar-refractivity contribution in [3.8, 4) is 0 Å². The van der Waals surface area contributed by atoms with Gasteiger partial charge in [0.1, 0.15) is 5.82 Å². The zero-order valence-corrected chi connectivity index (χ0v) is 17.7. The number of benzene rings is 1. The summed E-state index contributed by atoms with van der Waals surface area (Å²) in [6, 6.07) is 6.78. The lowest BCUT2D eigenvalue weighted by Gasteiger charge is -2.13. The fourth-order valence-electron chi connectivity index (χ4n) is 4.36. The van der Waals surface area contributed by atoms with Crippen LogP contribution < -0.4 is 5.56 Å². The van der Waals surface area contributed by atoms with E-state index >= 15 is 0 Å². The summed E-state index contributed by atoms with van der Waals surface area (Å²) < 4.78 is 9.04. The van der Waals surface area contributed by atoms with Gasteiger partial charge in [-0.3, -0.25) is 14.2 Å². The number of carbonyl (C=O) groups is 2. The highest BCUT2D eigenvalue weighted by molar-refractivity contribution is 6.01. The van der Waals surface area contributed by atoms with Crippen LogP contribution >= 0.6 is 0 Å². The van der Waals surface area contributed by atoms with Crippen molar-refractivity contribution in [3.05, 3.63) is 63.0 Å². The van der Waals surface area contributed by atoms with E-state index in [-0.39, 0.29) is 29.6 Å². The lowest BCUT2D eigenvalue weighted by Crippen LogP contribution is -2.21. The van der Waals surface area contributed by atoms with Crippen molar-refractivity contribution < 1.29 is 14.3 Å². The zero-order valence-electron chi connectivity index (χ0n) is 17.7. The standard InChI is InChI=1S/C23H25N3O4/c1-13(2)26-14(3)10-18(15(26)4)20(27)12-30-23(29)16-7-8-17-19(11-16)24-21-6-5-9-25(21)22(17)28/h7-8,10-11,13H,5-6,9,12H2,1-4H3. The zero-order chi connectivity index (χ0) is 21.6. The van der Waals surface area contributed by atoms with Crippen LogP contribution in [0.15, 0.2) is 29.1 Å². The molecule has 156 valence electrons. The Morgan fingerprint density at radius 3 is 2.67 bits per heavy atom. The van der Waals surface area contributed by atoms with Crippen LogP contribution in [-0.2, 0) is 17.7 Å². The molecule has 0 atom stereocenters. The van der Waals surface area contributed by atoms with E-state index in [9.17, 15) is 14.4 Å². The first-order valence-electron chi connectivity index (χ1n) is 10.2. The third-order valence-corrected chi connectivity index (χ3v) is 5.69. The third kappa shape index (κ3) is 3.34. The van der Waals surface area contributed by atoms with Gasteiger partial charge < -0.3 is 9.30 Å². The smallest absolute Gasteiger partial charge is 0.338 e. The van der Waals surface area contributed by atoms with Crippen LogP contribution in [0.3, 0.4) is 0 Å². The van der Waals surface area contributed by atoms with E-state index in [4.69, 9.17) is 4.74 Å². The molecule has 0 saturated carbocycles. The van der Waals surface area contributed by atoms with Crippen LogP contribution in [0.5, 0.6) is 0 Å². The van der Waals surface area contributed by atoms with Crippen LogP contribution in [0.25, 0.3) is 10.9 Å². The quantitative estimate of drug-likeness (QED) is 0.478. The molecule has 0 spiro atoms. The van der Waals surface area contributed by atoms with Crippen molar-refractivity contribution in [1.29, 1.82) is 0 Å². The molecule has 4 rings (SSSR count). The predicted octanol–water partition coefficient (Wildman–Crippen LogP) is 3.38. The maximum absolute atomic E-state index is 12.6. The van der Waals surface area contributed by atoms with Crippen molar-refractivity contribution >= 4 is 22.7 Å². The fraction of sp³-hybridized carbons (Fsp3) is 0.391. The van der Waals surface area contributed by atoms with Gasteiger partial charge in [-0.25, -0.2) is 9.78 Å². The van der Waals surface area contributed by atoms with E-state index in [1.165, 1.54) is 0 Å². The second kappa shape index (κ2) is 7.55. The van der Waals surface area contributed by atoms with Crippen molar-refractivity contribution in [2.24, 2.45) is 0 Å². The molecule has 1 aliphatic rings. The van der Waals surface area contributed by atoms with Crippen molar-refractivity contribution in [1.82, 2.24) is 14.1 Å². The molecule has 0 amide bonds. The van der Waals surface area contributed by atoms with Crippen LogP contribution in [0.4, 0.5) is 0 Å². The molecule has 0 fully saturated rings. The van der Waals surface area contributed by atoms with E-state index in [1.54, 1.807) is 22.8 Å². The first-order valence-corrected chi connectivity index (χ1v) is 10.2. The van der Waals surface area contributed by atoms with Gasteiger partial charge in [-0.15, -0.1) is 0 Å². The number of rotatable bonds is 5.